The molecule has 0 fully saturated rings. The average molecular weight is 265 g/mol. The Hall–Kier alpha value is -1.94. The summed E-state index contributed by atoms with van der Waals surface area (Å²) in [7, 11) is 0. The molecule has 0 saturated heterocycles. The molecule has 0 radical (unpaired) electrons. The Morgan fingerprint density at radius 3 is 2.78 bits per heavy atom. The monoisotopic (exact) mass is 264 g/mol. The first-order chi connectivity index (χ1) is 8.56. The number of halogens is 2. The van der Waals surface area contributed by atoms with Crippen molar-refractivity contribution >= 4 is 23.3 Å². The van der Waals surface area contributed by atoms with Crippen molar-refractivity contribution < 1.29 is 9.18 Å². The highest BCUT2D eigenvalue weighted by Crippen LogP contribution is 2.15. The summed E-state index contributed by atoms with van der Waals surface area (Å²) in [5.74, 6) is -0.358. The van der Waals surface area contributed by atoms with Gasteiger partial charge in [-0.2, -0.15) is 0 Å². The molecule has 3 nitrogen and oxygen atoms in total. The van der Waals surface area contributed by atoms with Gasteiger partial charge in [0, 0.05) is 16.8 Å². The normalized spacial score (nSPS) is 10.2. The molecule has 0 aliphatic heterocycles. The van der Waals surface area contributed by atoms with Crippen molar-refractivity contribution in [3.05, 3.63) is 58.5 Å². The zero-order valence-electron chi connectivity index (χ0n) is 9.58. The van der Waals surface area contributed by atoms with E-state index < -0.39 is 0 Å². The van der Waals surface area contributed by atoms with E-state index in [-0.39, 0.29) is 11.7 Å². The number of hydrogen-bond donors (Lipinski definition) is 1. The lowest BCUT2D eigenvalue weighted by Gasteiger charge is -2.07. The van der Waals surface area contributed by atoms with Crippen molar-refractivity contribution in [2.75, 3.05) is 5.32 Å². The molecule has 0 saturated carbocycles. The van der Waals surface area contributed by atoms with Gasteiger partial charge < -0.3 is 5.32 Å². The fourth-order valence-electron chi connectivity index (χ4n) is 1.54. The van der Waals surface area contributed by atoms with Crippen LogP contribution in [0.15, 0.2) is 36.5 Å². The molecule has 2 rings (SSSR count). The first kappa shape index (κ1) is 12.5. The van der Waals surface area contributed by atoms with E-state index in [1.807, 2.05) is 0 Å². The van der Waals surface area contributed by atoms with E-state index in [2.05, 4.69) is 10.3 Å². The number of nitrogens with one attached hydrogen (secondary N) is 1. The Morgan fingerprint density at radius 1 is 1.33 bits per heavy atom. The van der Waals surface area contributed by atoms with Crippen LogP contribution in [0, 0.1) is 12.7 Å². The maximum absolute atomic E-state index is 12.9. The van der Waals surface area contributed by atoms with Crippen LogP contribution in [0.25, 0.3) is 0 Å². The third-order valence-corrected chi connectivity index (χ3v) is 2.63. The van der Waals surface area contributed by atoms with Crippen LogP contribution < -0.4 is 5.32 Å². The second-order valence-corrected chi connectivity index (χ2v) is 4.21. The Kier molecular flexibility index (Phi) is 3.58. The van der Waals surface area contributed by atoms with Gasteiger partial charge in [-0.25, -0.2) is 9.37 Å². The van der Waals surface area contributed by atoms with E-state index in [1.165, 1.54) is 30.5 Å². The second kappa shape index (κ2) is 5.14. The molecular formula is C13H10ClFN2O. The van der Waals surface area contributed by atoms with Crippen LogP contribution in [0.2, 0.25) is 5.02 Å². The van der Waals surface area contributed by atoms with Crippen LogP contribution in [0.1, 0.15) is 15.9 Å². The number of amides is 1. The minimum Gasteiger partial charge on any atom is -0.307 e. The fourth-order valence-corrected chi connectivity index (χ4v) is 1.70. The molecule has 0 unspecified atom stereocenters. The molecule has 18 heavy (non-hydrogen) atoms. The van der Waals surface area contributed by atoms with Crippen LogP contribution in [-0.2, 0) is 0 Å². The largest absolute Gasteiger partial charge is 0.307 e. The topological polar surface area (TPSA) is 42.0 Å². The molecule has 92 valence electrons. The molecule has 1 aromatic heterocycles. The van der Waals surface area contributed by atoms with E-state index in [9.17, 15) is 9.18 Å². The van der Waals surface area contributed by atoms with Crippen molar-refractivity contribution in [1.82, 2.24) is 4.98 Å². The Morgan fingerprint density at radius 2 is 2.11 bits per heavy atom. The number of aromatic nitrogens is 1. The van der Waals surface area contributed by atoms with Gasteiger partial charge >= 0.3 is 0 Å². The lowest BCUT2D eigenvalue weighted by Crippen LogP contribution is -2.14. The van der Waals surface area contributed by atoms with E-state index in [4.69, 9.17) is 11.6 Å². The molecule has 1 aromatic carbocycles. The number of rotatable bonds is 2. The number of nitrogens with zero attached hydrogens (tertiary/aromatic N) is 1. The van der Waals surface area contributed by atoms with Crippen LogP contribution in [0.3, 0.4) is 0 Å². The minimum atomic E-state index is -0.370. The second-order valence-electron chi connectivity index (χ2n) is 3.77. The molecule has 0 aliphatic carbocycles. The van der Waals surface area contributed by atoms with E-state index in [0.29, 0.717) is 22.0 Å². The molecule has 1 amide bonds. The summed E-state index contributed by atoms with van der Waals surface area (Å²) in [6.45, 7) is 1.67. The number of carbonyl (C=O) groups is 1. The molecule has 0 aliphatic rings. The number of carbonyl (C=O) groups excluding carboxylic acids is 1. The smallest absolute Gasteiger partial charge is 0.257 e. The molecule has 0 atom stereocenters. The first-order valence-corrected chi connectivity index (χ1v) is 5.63. The van der Waals surface area contributed by atoms with Crippen molar-refractivity contribution in [2.45, 2.75) is 6.92 Å². The average Bonchev–Trinajstić information content (AvgIpc) is 2.28. The van der Waals surface area contributed by atoms with Crippen molar-refractivity contribution in [3.8, 4) is 0 Å². The Bertz CT molecular complexity index is 601. The number of hydrogen-bond acceptors (Lipinski definition) is 2. The lowest BCUT2D eigenvalue weighted by atomic mass is 10.1. The fraction of sp³-hybridized carbons (Fsp3) is 0.0769. The predicted molar refractivity (Wildman–Crippen MR) is 68.3 cm³/mol. The van der Waals surface area contributed by atoms with Crippen LogP contribution in [-0.4, -0.2) is 10.9 Å². The molecule has 5 heteroatoms. The van der Waals surface area contributed by atoms with Gasteiger partial charge in [0.25, 0.3) is 5.91 Å². The van der Waals surface area contributed by atoms with Gasteiger partial charge in [0.05, 0.1) is 0 Å². The quantitative estimate of drug-likeness (QED) is 0.903. The zero-order valence-corrected chi connectivity index (χ0v) is 10.3. The summed E-state index contributed by atoms with van der Waals surface area (Å²) in [6.07, 6.45) is 1.50. The summed E-state index contributed by atoms with van der Waals surface area (Å²) in [4.78, 5) is 15.9. The molecular weight excluding hydrogens is 255 g/mol. The van der Waals surface area contributed by atoms with E-state index >= 15 is 0 Å². The standard InChI is InChI=1S/C13H10ClFN2O/c1-8-6-10(15)2-3-11(8)13(18)17-12-7-9(14)4-5-16-12/h2-7H,1H3,(H,16,17,18). The van der Waals surface area contributed by atoms with Crippen molar-refractivity contribution in [3.63, 3.8) is 0 Å². The lowest BCUT2D eigenvalue weighted by molar-refractivity contribution is 0.102. The Balaban J connectivity index is 2.22. The number of aryl methyl sites for hydroxylation is 1. The van der Waals surface area contributed by atoms with Crippen molar-refractivity contribution in [2.24, 2.45) is 0 Å². The Labute approximate surface area is 109 Å². The maximum atomic E-state index is 12.9. The number of anilines is 1. The van der Waals surface area contributed by atoms with E-state index in [1.54, 1.807) is 13.0 Å². The van der Waals surface area contributed by atoms with Crippen molar-refractivity contribution in [1.29, 1.82) is 0 Å². The highest BCUT2D eigenvalue weighted by Gasteiger charge is 2.10. The van der Waals surface area contributed by atoms with Gasteiger partial charge in [-0.05, 0) is 42.8 Å². The summed E-state index contributed by atoms with van der Waals surface area (Å²) in [6, 6.07) is 7.14. The van der Waals surface area contributed by atoms with E-state index in [0.717, 1.165) is 0 Å². The molecule has 0 spiro atoms. The van der Waals surface area contributed by atoms with Crippen LogP contribution >= 0.6 is 11.6 Å². The van der Waals surface area contributed by atoms with Crippen LogP contribution in [0.4, 0.5) is 10.2 Å². The third-order valence-electron chi connectivity index (χ3n) is 2.40. The van der Waals surface area contributed by atoms with Gasteiger partial charge in [0.2, 0.25) is 0 Å². The summed E-state index contributed by atoms with van der Waals surface area (Å²) >= 11 is 5.79. The van der Waals surface area contributed by atoms with Gasteiger partial charge in [-0.15, -0.1) is 0 Å². The molecule has 1 heterocycles. The number of benzene rings is 1. The van der Waals surface area contributed by atoms with Crippen LogP contribution in [0.5, 0.6) is 0 Å². The number of pyridine rings is 1. The minimum absolute atomic E-state index is 0.345. The highest BCUT2D eigenvalue weighted by atomic mass is 35.5. The summed E-state index contributed by atoms with van der Waals surface area (Å²) in [5, 5.41) is 3.08. The van der Waals surface area contributed by atoms with Gasteiger partial charge in [0.1, 0.15) is 11.6 Å². The maximum Gasteiger partial charge on any atom is 0.257 e. The molecule has 1 N–H and O–H groups in total. The third kappa shape index (κ3) is 2.84. The zero-order chi connectivity index (χ0) is 13.1. The van der Waals surface area contributed by atoms with Gasteiger partial charge in [-0.1, -0.05) is 11.6 Å². The molecule has 2 aromatic rings. The van der Waals surface area contributed by atoms with Gasteiger partial charge in [0.15, 0.2) is 0 Å². The predicted octanol–water partition coefficient (Wildman–Crippen LogP) is 3.43. The molecule has 0 bridgehead atoms. The summed E-state index contributed by atoms with van der Waals surface area (Å²) < 4.78 is 12.9. The SMILES string of the molecule is Cc1cc(F)ccc1C(=O)Nc1cc(Cl)ccn1. The summed E-state index contributed by atoms with van der Waals surface area (Å²) in [5.41, 5.74) is 0.965. The first-order valence-electron chi connectivity index (χ1n) is 5.25. The highest BCUT2D eigenvalue weighted by molar-refractivity contribution is 6.30. The van der Waals surface area contributed by atoms with Gasteiger partial charge in [-0.3, -0.25) is 4.79 Å².